The lowest BCUT2D eigenvalue weighted by molar-refractivity contribution is 0.328. The van der Waals surface area contributed by atoms with E-state index in [0.717, 1.165) is 6.54 Å². The molecule has 1 atom stereocenters. The molecule has 0 bridgehead atoms. The van der Waals surface area contributed by atoms with Crippen molar-refractivity contribution in [3.63, 3.8) is 0 Å². The summed E-state index contributed by atoms with van der Waals surface area (Å²) in [4.78, 5) is 4.72. The van der Waals surface area contributed by atoms with E-state index in [4.69, 9.17) is 0 Å². The molecule has 1 aliphatic heterocycles. The average Bonchev–Trinajstić information content (AvgIpc) is 2.96. The molecule has 3 heteroatoms. The summed E-state index contributed by atoms with van der Waals surface area (Å²) >= 11 is 0. The summed E-state index contributed by atoms with van der Waals surface area (Å²) in [7, 11) is 4.16. The van der Waals surface area contributed by atoms with Crippen LogP contribution >= 0.6 is 0 Å². The molecule has 112 valence electrons. The Labute approximate surface area is 124 Å². The van der Waals surface area contributed by atoms with Crippen molar-refractivity contribution in [1.82, 2.24) is 10.2 Å². The Morgan fingerprint density at radius 3 is 2.40 bits per heavy atom. The highest BCUT2D eigenvalue weighted by Crippen LogP contribution is 2.17. The molecule has 1 heterocycles. The first-order valence-corrected chi connectivity index (χ1v) is 7.90. The maximum Gasteiger partial charge on any atom is 0.0361 e. The highest BCUT2D eigenvalue weighted by molar-refractivity contribution is 5.46. The van der Waals surface area contributed by atoms with Crippen LogP contribution in [0.4, 0.5) is 5.69 Å². The third-order valence-corrected chi connectivity index (χ3v) is 4.21. The van der Waals surface area contributed by atoms with Gasteiger partial charge in [0.25, 0.3) is 0 Å². The normalized spacial score (nSPS) is 17.4. The Kier molecular flexibility index (Phi) is 5.86. The molecule has 0 amide bonds. The highest BCUT2D eigenvalue weighted by atomic mass is 15.1. The molecule has 1 saturated heterocycles. The van der Waals surface area contributed by atoms with Gasteiger partial charge in [0.1, 0.15) is 0 Å². The Morgan fingerprint density at radius 2 is 1.80 bits per heavy atom. The van der Waals surface area contributed by atoms with E-state index in [1.807, 2.05) is 0 Å². The van der Waals surface area contributed by atoms with Crippen LogP contribution in [0.25, 0.3) is 0 Å². The van der Waals surface area contributed by atoms with Gasteiger partial charge in [-0.2, -0.15) is 0 Å². The summed E-state index contributed by atoms with van der Waals surface area (Å²) in [6, 6.07) is 9.28. The van der Waals surface area contributed by atoms with E-state index in [2.05, 4.69) is 60.4 Å². The van der Waals surface area contributed by atoms with Crippen LogP contribution in [-0.2, 0) is 0 Å². The number of nitrogens with one attached hydrogen (secondary N) is 1. The third kappa shape index (κ3) is 4.50. The lowest BCUT2D eigenvalue weighted by Crippen LogP contribution is -2.26. The lowest BCUT2D eigenvalue weighted by atomic mass is 10.1. The van der Waals surface area contributed by atoms with E-state index in [0.29, 0.717) is 6.04 Å². The predicted octanol–water partition coefficient (Wildman–Crippen LogP) is 2.89. The van der Waals surface area contributed by atoms with Crippen LogP contribution in [0, 0.1) is 0 Å². The summed E-state index contributed by atoms with van der Waals surface area (Å²) in [5, 5.41) is 3.63. The fraction of sp³-hybridized carbons (Fsp3) is 0.647. The minimum atomic E-state index is 0.435. The van der Waals surface area contributed by atoms with Crippen molar-refractivity contribution in [3.05, 3.63) is 29.8 Å². The largest absolute Gasteiger partial charge is 0.378 e. The maximum atomic E-state index is 3.63. The summed E-state index contributed by atoms with van der Waals surface area (Å²) in [5.41, 5.74) is 2.63. The summed E-state index contributed by atoms with van der Waals surface area (Å²) in [6.45, 7) is 7.22. The van der Waals surface area contributed by atoms with E-state index in [9.17, 15) is 0 Å². The molecule has 1 aromatic carbocycles. The molecular weight excluding hydrogens is 246 g/mol. The average molecular weight is 275 g/mol. The third-order valence-electron chi connectivity index (χ3n) is 4.21. The van der Waals surface area contributed by atoms with Gasteiger partial charge >= 0.3 is 0 Å². The second-order valence-corrected chi connectivity index (χ2v) is 6.06. The van der Waals surface area contributed by atoms with Gasteiger partial charge in [-0.1, -0.05) is 12.1 Å². The molecule has 3 nitrogen and oxygen atoms in total. The van der Waals surface area contributed by atoms with E-state index < -0.39 is 0 Å². The second kappa shape index (κ2) is 7.65. The summed E-state index contributed by atoms with van der Waals surface area (Å²) < 4.78 is 0. The smallest absolute Gasteiger partial charge is 0.0361 e. The minimum absolute atomic E-state index is 0.435. The van der Waals surface area contributed by atoms with Crippen molar-refractivity contribution in [1.29, 1.82) is 0 Å². The number of nitrogens with zero attached hydrogens (tertiary/aromatic N) is 2. The lowest BCUT2D eigenvalue weighted by Gasteiger charge is -2.18. The minimum Gasteiger partial charge on any atom is -0.378 e. The number of rotatable bonds is 7. The Morgan fingerprint density at radius 1 is 1.15 bits per heavy atom. The second-order valence-electron chi connectivity index (χ2n) is 6.06. The zero-order valence-electron chi connectivity index (χ0n) is 13.2. The molecule has 2 rings (SSSR count). The van der Waals surface area contributed by atoms with Gasteiger partial charge in [-0.05, 0) is 70.1 Å². The van der Waals surface area contributed by atoms with Gasteiger partial charge in [0, 0.05) is 25.8 Å². The monoisotopic (exact) mass is 275 g/mol. The molecule has 0 aromatic heterocycles. The summed E-state index contributed by atoms with van der Waals surface area (Å²) in [6.07, 6.45) is 4.03. The topological polar surface area (TPSA) is 18.5 Å². The van der Waals surface area contributed by atoms with Crippen LogP contribution < -0.4 is 10.2 Å². The van der Waals surface area contributed by atoms with E-state index in [1.54, 1.807) is 0 Å². The fourth-order valence-electron chi connectivity index (χ4n) is 2.81. The Bertz CT molecular complexity index is 380. The van der Waals surface area contributed by atoms with Crippen LogP contribution in [0.1, 0.15) is 37.8 Å². The SMILES string of the molecule is CC(NCCCN1CCCC1)c1ccc(N(C)C)cc1. The van der Waals surface area contributed by atoms with Crippen LogP contribution in [0.3, 0.4) is 0 Å². The van der Waals surface area contributed by atoms with Gasteiger partial charge in [0.2, 0.25) is 0 Å². The number of hydrogen-bond donors (Lipinski definition) is 1. The maximum absolute atomic E-state index is 3.63. The highest BCUT2D eigenvalue weighted by Gasteiger charge is 2.10. The molecule has 1 N–H and O–H groups in total. The Balaban J connectivity index is 1.69. The predicted molar refractivity (Wildman–Crippen MR) is 87.5 cm³/mol. The fourth-order valence-corrected chi connectivity index (χ4v) is 2.81. The number of hydrogen-bond acceptors (Lipinski definition) is 3. The zero-order valence-corrected chi connectivity index (χ0v) is 13.2. The van der Waals surface area contributed by atoms with Gasteiger partial charge in [0.15, 0.2) is 0 Å². The van der Waals surface area contributed by atoms with Crippen molar-refractivity contribution >= 4 is 5.69 Å². The Hall–Kier alpha value is -1.06. The van der Waals surface area contributed by atoms with Gasteiger partial charge in [-0.15, -0.1) is 0 Å². The van der Waals surface area contributed by atoms with Crippen LogP contribution in [0.15, 0.2) is 24.3 Å². The van der Waals surface area contributed by atoms with Gasteiger partial charge in [-0.3, -0.25) is 0 Å². The van der Waals surface area contributed by atoms with Crippen LogP contribution in [-0.4, -0.2) is 45.2 Å². The molecule has 0 radical (unpaired) electrons. The molecular formula is C17H29N3. The first-order valence-electron chi connectivity index (χ1n) is 7.90. The van der Waals surface area contributed by atoms with E-state index in [1.165, 1.54) is 50.1 Å². The number of anilines is 1. The first-order chi connectivity index (χ1) is 9.66. The van der Waals surface area contributed by atoms with Crippen molar-refractivity contribution in [2.45, 2.75) is 32.2 Å². The van der Waals surface area contributed by atoms with Gasteiger partial charge in [-0.25, -0.2) is 0 Å². The molecule has 0 spiro atoms. The molecule has 0 saturated carbocycles. The van der Waals surface area contributed by atoms with Crippen LogP contribution in [0.2, 0.25) is 0 Å². The van der Waals surface area contributed by atoms with Gasteiger partial charge in [0.05, 0.1) is 0 Å². The molecule has 0 aliphatic carbocycles. The quantitative estimate of drug-likeness (QED) is 0.772. The van der Waals surface area contributed by atoms with E-state index >= 15 is 0 Å². The van der Waals surface area contributed by atoms with Crippen molar-refractivity contribution < 1.29 is 0 Å². The van der Waals surface area contributed by atoms with E-state index in [-0.39, 0.29) is 0 Å². The van der Waals surface area contributed by atoms with Crippen LogP contribution in [0.5, 0.6) is 0 Å². The molecule has 20 heavy (non-hydrogen) atoms. The van der Waals surface area contributed by atoms with Gasteiger partial charge < -0.3 is 15.1 Å². The van der Waals surface area contributed by atoms with Crippen molar-refractivity contribution in [3.8, 4) is 0 Å². The van der Waals surface area contributed by atoms with Crippen molar-refractivity contribution in [2.75, 3.05) is 45.2 Å². The zero-order chi connectivity index (χ0) is 14.4. The first kappa shape index (κ1) is 15.3. The van der Waals surface area contributed by atoms with Crippen molar-refractivity contribution in [2.24, 2.45) is 0 Å². The molecule has 1 fully saturated rings. The number of likely N-dealkylation sites (tertiary alicyclic amines) is 1. The molecule has 1 aromatic rings. The summed E-state index contributed by atoms with van der Waals surface area (Å²) in [5.74, 6) is 0. The molecule has 1 unspecified atom stereocenters. The molecule has 1 aliphatic rings. The standard InChI is InChI=1S/C17H29N3/c1-15(16-7-9-17(10-8-16)19(2)3)18-11-6-14-20-12-4-5-13-20/h7-10,15,18H,4-6,11-14H2,1-3H3. The number of benzene rings is 1.